The van der Waals surface area contributed by atoms with Gasteiger partial charge in [0.15, 0.2) is 0 Å². The van der Waals surface area contributed by atoms with Gasteiger partial charge in [0.05, 0.1) is 0 Å². The maximum atomic E-state index is 6.06. The van der Waals surface area contributed by atoms with E-state index in [1.165, 1.54) is 0 Å². The second kappa shape index (κ2) is 3.87. The Kier molecular flexibility index (Phi) is 2.56. The van der Waals surface area contributed by atoms with Gasteiger partial charge in [-0.3, -0.25) is 0 Å². The predicted octanol–water partition coefficient (Wildman–Crippen LogP) is 2.69. The summed E-state index contributed by atoms with van der Waals surface area (Å²) in [5.74, 6) is 1.11. The number of aromatic nitrogens is 2. The fourth-order valence-corrected chi connectivity index (χ4v) is 1.61. The van der Waals surface area contributed by atoms with E-state index in [2.05, 4.69) is 9.97 Å². The Balaban J connectivity index is 2.60. The molecule has 0 unspecified atom stereocenters. The van der Waals surface area contributed by atoms with Crippen molar-refractivity contribution in [3.8, 4) is 11.1 Å². The molecule has 4 heteroatoms. The molecular weight excluding hydrogens is 210 g/mol. The molecular formula is C11H10ClN3. The lowest BCUT2D eigenvalue weighted by molar-refractivity contribution is 1.06. The van der Waals surface area contributed by atoms with Crippen LogP contribution in [0.25, 0.3) is 11.1 Å². The quantitative estimate of drug-likeness (QED) is 0.802. The Morgan fingerprint density at radius 1 is 1.20 bits per heavy atom. The van der Waals surface area contributed by atoms with Crippen molar-refractivity contribution in [2.45, 2.75) is 6.92 Å². The summed E-state index contributed by atoms with van der Waals surface area (Å²) >= 11 is 6.06. The largest absolute Gasteiger partial charge is 0.383 e. The van der Waals surface area contributed by atoms with Gasteiger partial charge >= 0.3 is 0 Å². The van der Waals surface area contributed by atoms with Gasteiger partial charge in [0.2, 0.25) is 0 Å². The number of nitrogen functional groups attached to an aromatic ring is 1. The van der Waals surface area contributed by atoms with Crippen molar-refractivity contribution < 1.29 is 0 Å². The molecule has 0 saturated heterocycles. The number of nitrogens with zero attached hydrogens (tertiary/aromatic N) is 2. The number of benzene rings is 1. The molecule has 15 heavy (non-hydrogen) atoms. The van der Waals surface area contributed by atoms with Gasteiger partial charge in [-0.05, 0) is 13.0 Å². The SMILES string of the molecule is Cc1ncc(-c2ccccc2Cl)c(N)n1. The molecule has 0 aliphatic carbocycles. The first-order valence-corrected chi connectivity index (χ1v) is 4.90. The third kappa shape index (κ3) is 1.92. The number of nitrogens with two attached hydrogens (primary N) is 1. The lowest BCUT2D eigenvalue weighted by atomic mass is 10.1. The number of aryl methyl sites for hydroxylation is 1. The molecule has 2 N–H and O–H groups in total. The van der Waals surface area contributed by atoms with Crippen LogP contribution < -0.4 is 5.73 Å². The van der Waals surface area contributed by atoms with Crippen molar-refractivity contribution in [3.63, 3.8) is 0 Å². The third-order valence-corrected chi connectivity index (χ3v) is 2.43. The van der Waals surface area contributed by atoms with Gasteiger partial charge in [0, 0.05) is 22.3 Å². The zero-order chi connectivity index (χ0) is 10.8. The highest BCUT2D eigenvalue weighted by atomic mass is 35.5. The predicted molar refractivity (Wildman–Crippen MR) is 61.6 cm³/mol. The molecule has 0 aliphatic rings. The van der Waals surface area contributed by atoms with E-state index >= 15 is 0 Å². The molecule has 0 radical (unpaired) electrons. The van der Waals surface area contributed by atoms with Crippen LogP contribution in [0.1, 0.15) is 5.82 Å². The lowest BCUT2D eigenvalue weighted by Crippen LogP contribution is -1.98. The topological polar surface area (TPSA) is 51.8 Å². The van der Waals surface area contributed by atoms with Crippen molar-refractivity contribution >= 4 is 17.4 Å². The van der Waals surface area contributed by atoms with Crippen LogP contribution in [0, 0.1) is 6.92 Å². The first-order chi connectivity index (χ1) is 7.18. The Morgan fingerprint density at radius 2 is 1.93 bits per heavy atom. The van der Waals surface area contributed by atoms with E-state index < -0.39 is 0 Å². The third-order valence-electron chi connectivity index (χ3n) is 2.10. The summed E-state index contributed by atoms with van der Waals surface area (Å²) in [6.45, 7) is 1.80. The van der Waals surface area contributed by atoms with Crippen molar-refractivity contribution in [2.75, 3.05) is 5.73 Å². The summed E-state index contributed by atoms with van der Waals surface area (Å²) in [6, 6.07) is 7.49. The first-order valence-electron chi connectivity index (χ1n) is 4.52. The first kappa shape index (κ1) is 9.93. The average molecular weight is 220 g/mol. The van der Waals surface area contributed by atoms with Gasteiger partial charge in [-0.1, -0.05) is 29.8 Å². The van der Waals surface area contributed by atoms with E-state index in [0.29, 0.717) is 16.7 Å². The fourth-order valence-electron chi connectivity index (χ4n) is 1.37. The number of anilines is 1. The molecule has 76 valence electrons. The van der Waals surface area contributed by atoms with Crippen molar-refractivity contribution in [2.24, 2.45) is 0 Å². The van der Waals surface area contributed by atoms with Gasteiger partial charge < -0.3 is 5.73 Å². The molecule has 0 fully saturated rings. The summed E-state index contributed by atoms with van der Waals surface area (Å²) in [6.07, 6.45) is 1.69. The Labute approximate surface area is 92.9 Å². The van der Waals surface area contributed by atoms with Crippen LogP contribution in [0.3, 0.4) is 0 Å². The molecule has 0 bridgehead atoms. The molecule has 0 saturated carbocycles. The van der Waals surface area contributed by atoms with Crippen LogP contribution in [0.2, 0.25) is 5.02 Å². The minimum absolute atomic E-state index is 0.454. The summed E-state index contributed by atoms with van der Waals surface area (Å²) < 4.78 is 0. The Hall–Kier alpha value is -1.61. The maximum absolute atomic E-state index is 6.06. The van der Waals surface area contributed by atoms with Crippen molar-refractivity contribution in [1.82, 2.24) is 9.97 Å². The zero-order valence-electron chi connectivity index (χ0n) is 8.24. The number of rotatable bonds is 1. The van der Waals surface area contributed by atoms with Crippen molar-refractivity contribution in [1.29, 1.82) is 0 Å². The van der Waals surface area contributed by atoms with Crippen LogP contribution >= 0.6 is 11.6 Å². The number of hydrogen-bond acceptors (Lipinski definition) is 3. The van der Waals surface area contributed by atoms with Crippen LogP contribution in [-0.2, 0) is 0 Å². The highest BCUT2D eigenvalue weighted by molar-refractivity contribution is 6.33. The monoisotopic (exact) mass is 219 g/mol. The Bertz CT molecular complexity index is 497. The summed E-state index contributed by atoms with van der Waals surface area (Å²) in [5.41, 5.74) is 7.44. The second-order valence-electron chi connectivity index (χ2n) is 3.20. The summed E-state index contributed by atoms with van der Waals surface area (Å²) in [4.78, 5) is 8.21. The molecule has 0 atom stereocenters. The zero-order valence-corrected chi connectivity index (χ0v) is 8.99. The molecule has 1 aromatic heterocycles. The summed E-state index contributed by atoms with van der Waals surface area (Å²) in [7, 11) is 0. The molecule has 0 spiro atoms. The molecule has 1 aromatic carbocycles. The molecule has 0 aliphatic heterocycles. The van der Waals surface area contributed by atoms with Crippen LogP contribution in [0.4, 0.5) is 5.82 Å². The van der Waals surface area contributed by atoms with Gasteiger partial charge in [0.1, 0.15) is 11.6 Å². The van der Waals surface area contributed by atoms with E-state index in [-0.39, 0.29) is 0 Å². The molecule has 0 amide bonds. The van der Waals surface area contributed by atoms with E-state index in [1.54, 1.807) is 13.1 Å². The molecule has 2 rings (SSSR count). The minimum Gasteiger partial charge on any atom is -0.383 e. The van der Waals surface area contributed by atoms with Crippen molar-refractivity contribution in [3.05, 3.63) is 41.3 Å². The summed E-state index contributed by atoms with van der Waals surface area (Å²) in [5, 5.41) is 0.650. The number of hydrogen-bond donors (Lipinski definition) is 1. The fraction of sp³-hybridized carbons (Fsp3) is 0.0909. The van der Waals surface area contributed by atoms with E-state index in [9.17, 15) is 0 Å². The molecule has 3 nitrogen and oxygen atoms in total. The standard InChI is InChI=1S/C11H10ClN3/c1-7-14-6-9(11(13)15-7)8-4-2-3-5-10(8)12/h2-6H,1H3,(H2,13,14,15). The molecule has 1 heterocycles. The highest BCUT2D eigenvalue weighted by Crippen LogP contribution is 2.29. The Morgan fingerprint density at radius 3 is 2.60 bits per heavy atom. The van der Waals surface area contributed by atoms with E-state index in [0.717, 1.165) is 11.1 Å². The smallest absolute Gasteiger partial charge is 0.135 e. The number of halogens is 1. The maximum Gasteiger partial charge on any atom is 0.135 e. The average Bonchev–Trinajstić information content (AvgIpc) is 2.20. The van der Waals surface area contributed by atoms with Crippen LogP contribution in [-0.4, -0.2) is 9.97 Å². The van der Waals surface area contributed by atoms with E-state index in [1.807, 2.05) is 24.3 Å². The lowest BCUT2D eigenvalue weighted by Gasteiger charge is -2.06. The van der Waals surface area contributed by atoms with Gasteiger partial charge in [-0.15, -0.1) is 0 Å². The van der Waals surface area contributed by atoms with E-state index in [4.69, 9.17) is 17.3 Å². The van der Waals surface area contributed by atoms with Gasteiger partial charge in [-0.2, -0.15) is 0 Å². The van der Waals surface area contributed by atoms with Gasteiger partial charge in [0.25, 0.3) is 0 Å². The normalized spacial score (nSPS) is 10.3. The van der Waals surface area contributed by atoms with Gasteiger partial charge in [-0.25, -0.2) is 9.97 Å². The highest BCUT2D eigenvalue weighted by Gasteiger charge is 2.07. The van der Waals surface area contributed by atoms with Crippen LogP contribution in [0.15, 0.2) is 30.5 Å². The van der Waals surface area contributed by atoms with Crippen LogP contribution in [0.5, 0.6) is 0 Å². The second-order valence-corrected chi connectivity index (χ2v) is 3.60. The minimum atomic E-state index is 0.454. The molecule has 2 aromatic rings.